The highest BCUT2D eigenvalue weighted by molar-refractivity contribution is 5.93. The van der Waals surface area contributed by atoms with Gasteiger partial charge < -0.3 is 24.6 Å². The molecule has 266 valence electrons. The lowest BCUT2D eigenvalue weighted by Gasteiger charge is -2.43. The van der Waals surface area contributed by atoms with Crippen LogP contribution < -0.4 is 5.32 Å². The molecule has 2 heterocycles. The molecule has 2 aliphatic heterocycles. The first-order valence-corrected chi connectivity index (χ1v) is 17.4. The number of nitro groups is 1. The number of rotatable bonds is 16. The van der Waals surface area contributed by atoms with Gasteiger partial charge in [-0.2, -0.15) is 5.26 Å². The fourth-order valence-electron chi connectivity index (χ4n) is 7.40. The molecule has 0 saturated carbocycles. The minimum Gasteiger partial charge on any atom is -0.461 e. The summed E-state index contributed by atoms with van der Waals surface area (Å²) in [6.45, 7) is 4.88. The zero-order valence-corrected chi connectivity index (χ0v) is 29.3. The van der Waals surface area contributed by atoms with Crippen LogP contribution in [0.1, 0.15) is 61.6 Å². The summed E-state index contributed by atoms with van der Waals surface area (Å²) in [6, 6.07) is 29.4. The van der Waals surface area contributed by atoms with Gasteiger partial charge in [-0.3, -0.25) is 14.9 Å². The smallest absolute Gasteiger partial charge is 0.336 e. The average Bonchev–Trinajstić information content (AvgIpc) is 3.17. The van der Waals surface area contributed by atoms with E-state index in [1.54, 1.807) is 24.1 Å². The molecule has 0 spiro atoms. The SMILES string of the molecule is CCC1=C(C(=O)OCCC#N)C(c2ccc([N+](=O)[O-])cc2)C(N(C=O)CCCN2CCC(c3ccccc3)(c3ccccc3)CC2)=C(COC)N1. The molecule has 11 heteroatoms. The number of piperidine rings is 1. The van der Waals surface area contributed by atoms with Crippen LogP contribution >= 0.6 is 0 Å². The normalized spacial score (nSPS) is 17.3. The van der Waals surface area contributed by atoms with Crippen LogP contribution in [-0.2, 0) is 24.5 Å². The first kappa shape index (κ1) is 37.0. The summed E-state index contributed by atoms with van der Waals surface area (Å²) in [6.07, 6.45) is 3.85. The van der Waals surface area contributed by atoms with Gasteiger partial charge in [0.25, 0.3) is 5.69 Å². The second-order valence-electron chi connectivity index (χ2n) is 12.8. The van der Waals surface area contributed by atoms with Gasteiger partial charge in [0.1, 0.15) is 6.61 Å². The molecule has 0 aromatic heterocycles. The first-order chi connectivity index (χ1) is 24.9. The number of nitrogens with one attached hydrogen (secondary N) is 1. The second kappa shape index (κ2) is 17.6. The Morgan fingerprint density at radius 1 is 1.04 bits per heavy atom. The van der Waals surface area contributed by atoms with Crippen LogP contribution in [-0.4, -0.2) is 73.6 Å². The Bertz CT molecular complexity index is 1720. The zero-order valence-electron chi connectivity index (χ0n) is 29.3. The molecule has 5 rings (SSSR count). The number of carbonyl (C=O) groups is 2. The molecule has 3 aromatic rings. The second-order valence-corrected chi connectivity index (χ2v) is 12.8. The Balaban J connectivity index is 1.39. The van der Waals surface area contributed by atoms with Crippen molar-refractivity contribution in [1.29, 1.82) is 5.26 Å². The third-order valence-electron chi connectivity index (χ3n) is 9.92. The van der Waals surface area contributed by atoms with Crippen molar-refractivity contribution in [3.63, 3.8) is 0 Å². The molecule has 1 fully saturated rings. The fourth-order valence-corrected chi connectivity index (χ4v) is 7.40. The van der Waals surface area contributed by atoms with Crippen molar-refractivity contribution in [3.05, 3.63) is 134 Å². The van der Waals surface area contributed by atoms with Gasteiger partial charge in [-0.05, 0) is 62.0 Å². The van der Waals surface area contributed by atoms with Crippen molar-refractivity contribution < 1.29 is 24.0 Å². The van der Waals surface area contributed by atoms with Crippen LogP contribution in [0.5, 0.6) is 0 Å². The molecular formula is C40H45N5O6. The Labute approximate surface area is 299 Å². The fraction of sp³-hybridized carbons (Fsp3) is 0.375. The minimum absolute atomic E-state index is 0.0303. The third-order valence-corrected chi connectivity index (χ3v) is 9.92. The molecule has 1 unspecified atom stereocenters. The molecule has 1 N–H and O–H groups in total. The van der Waals surface area contributed by atoms with Crippen LogP contribution in [0.3, 0.4) is 0 Å². The van der Waals surface area contributed by atoms with Gasteiger partial charge in [-0.25, -0.2) is 4.79 Å². The number of likely N-dealkylation sites (tertiary alicyclic amines) is 1. The summed E-state index contributed by atoms with van der Waals surface area (Å²) >= 11 is 0. The van der Waals surface area contributed by atoms with Gasteiger partial charge in [0, 0.05) is 36.9 Å². The Morgan fingerprint density at radius 2 is 1.67 bits per heavy atom. The van der Waals surface area contributed by atoms with Crippen LogP contribution in [0.15, 0.2) is 108 Å². The van der Waals surface area contributed by atoms with E-state index < -0.39 is 16.8 Å². The molecule has 1 amide bonds. The molecule has 0 bridgehead atoms. The number of benzene rings is 3. The van der Waals surface area contributed by atoms with E-state index >= 15 is 0 Å². The van der Waals surface area contributed by atoms with Gasteiger partial charge >= 0.3 is 5.97 Å². The third kappa shape index (κ3) is 8.36. The topological polar surface area (TPSA) is 138 Å². The van der Waals surface area contributed by atoms with Crippen molar-refractivity contribution in [2.24, 2.45) is 0 Å². The number of carbonyl (C=O) groups excluding carboxylic acids is 2. The molecule has 1 saturated heterocycles. The molecule has 51 heavy (non-hydrogen) atoms. The number of ether oxygens (including phenoxy) is 2. The summed E-state index contributed by atoms with van der Waals surface area (Å²) in [5.41, 5.74) is 5.10. The number of allylic oxidation sites excluding steroid dienone is 2. The van der Waals surface area contributed by atoms with Gasteiger partial charge in [-0.1, -0.05) is 79.7 Å². The van der Waals surface area contributed by atoms with E-state index in [4.69, 9.17) is 14.7 Å². The maximum atomic E-state index is 13.7. The number of amides is 1. The van der Waals surface area contributed by atoms with E-state index in [0.29, 0.717) is 47.6 Å². The monoisotopic (exact) mass is 691 g/mol. The van der Waals surface area contributed by atoms with E-state index in [2.05, 4.69) is 70.9 Å². The summed E-state index contributed by atoms with van der Waals surface area (Å²) in [4.78, 5) is 41.7. The van der Waals surface area contributed by atoms with Gasteiger partial charge in [-0.15, -0.1) is 0 Å². The molecule has 1 atom stereocenters. The Kier molecular flexibility index (Phi) is 12.7. The number of hydrogen-bond donors (Lipinski definition) is 1. The highest BCUT2D eigenvalue weighted by atomic mass is 16.6. The summed E-state index contributed by atoms with van der Waals surface area (Å²) in [5, 5.41) is 23.9. The number of dihydropyridines is 1. The van der Waals surface area contributed by atoms with Gasteiger partial charge in [0.2, 0.25) is 6.41 Å². The average molecular weight is 692 g/mol. The number of nitrogens with zero attached hydrogens (tertiary/aromatic N) is 4. The van der Waals surface area contributed by atoms with Crippen molar-refractivity contribution >= 4 is 18.1 Å². The summed E-state index contributed by atoms with van der Waals surface area (Å²) in [5.74, 6) is -1.40. The highest BCUT2D eigenvalue weighted by Crippen LogP contribution is 2.43. The molecule has 3 aromatic carbocycles. The van der Waals surface area contributed by atoms with E-state index in [1.165, 1.54) is 23.3 Å². The predicted molar refractivity (Wildman–Crippen MR) is 193 cm³/mol. The molecular weight excluding hydrogens is 646 g/mol. The first-order valence-electron chi connectivity index (χ1n) is 17.4. The molecule has 2 aliphatic rings. The lowest BCUT2D eigenvalue weighted by Crippen LogP contribution is -2.44. The van der Waals surface area contributed by atoms with Crippen molar-refractivity contribution in [1.82, 2.24) is 15.1 Å². The number of nitriles is 1. The largest absolute Gasteiger partial charge is 0.461 e. The quantitative estimate of drug-likeness (QED) is 0.0613. The molecule has 0 aliphatic carbocycles. The summed E-state index contributed by atoms with van der Waals surface area (Å²) in [7, 11) is 1.56. The zero-order chi connectivity index (χ0) is 36.2. The van der Waals surface area contributed by atoms with Crippen molar-refractivity contribution in [2.45, 2.75) is 50.4 Å². The van der Waals surface area contributed by atoms with Crippen LogP contribution in [0.25, 0.3) is 0 Å². The maximum absolute atomic E-state index is 13.7. The maximum Gasteiger partial charge on any atom is 0.336 e. The number of non-ortho nitro benzene ring substituents is 1. The van der Waals surface area contributed by atoms with Crippen LogP contribution in [0.4, 0.5) is 5.69 Å². The van der Waals surface area contributed by atoms with Crippen LogP contribution in [0, 0.1) is 21.4 Å². The number of hydrogen-bond acceptors (Lipinski definition) is 9. The van der Waals surface area contributed by atoms with Gasteiger partial charge in [0.15, 0.2) is 0 Å². The van der Waals surface area contributed by atoms with Crippen LogP contribution in [0.2, 0.25) is 0 Å². The highest BCUT2D eigenvalue weighted by Gasteiger charge is 2.40. The predicted octanol–water partition coefficient (Wildman–Crippen LogP) is 6.19. The molecule has 11 nitrogen and oxygen atoms in total. The Morgan fingerprint density at radius 3 is 2.20 bits per heavy atom. The van der Waals surface area contributed by atoms with E-state index in [1.807, 2.05) is 13.0 Å². The van der Waals surface area contributed by atoms with Crippen molar-refractivity contribution in [3.8, 4) is 6.07 Å². The van der Waals surface area contributed by atoms with E-state index in [0.717, 1.165) is 38.9 Å². The Hall–Kier alpha value is -5.31. The van der Waals surface area contributed by atoms with E-state index in [-0.39, 0.29) is 30.7 Å². The number of esters is 1. The molecule has 0 radical (unpaired) electrons. The lowest BCUT2D eigenvalue weighted by molar-refractivity contribution is -0.384. The number of methoxy groups -OCH3 is 1. The van der Waals surface area contributed by atoms with Gasteiger partial charge in [0.05, 0.1) is 46.9 Å². The standard InChI is InChI=1S/C40H45N5O6/c1-3-34-37(39(47)51-27-10-22-41)36(30-16-18-33(19-17-30)45(48)49)38(35(42-34)28-50-2)44(29-46)24-11-23-43-25-20-40(21-26-43,31-12-6-4-7-13-31)32-14-8-5-9-15-32/h4-9,12-19,29,36,42H,3,10-11,20-21,23-28H2,1-2H3. The van der Waals surface area contributed by atoms with Crippen molar-refractivity contribution in [2.75, 3.05) is 46.5 Å². The lowest BCUT2D eigenvalue weighted by atomic mass is 9.68. The number of nitro benzene ring substituents is 1. The minimum atomic E-state index is -0.778. The summed E-state index contributed by atoms with van der Waals surface area (Å²) < 4.78 is 11.1. The van der Waals surface area contributed by atoms with E-state index in [9.17, 15) is 19.7 Å².